The standard InChI is InChI=1S/C7H5NO3S/c9-3-1-2-6-8-5(4-12-6)7(10)11/h4,9H,3H2,(H,10,11). The second-order valence-corrected chi connectivity index (χ2v) is 2.66. The Balaban J connectivity index is 2.84. The average molecular weight is 183 g/mol. The van der Waals surface area contributed by atoms with Crippen molar-refractivity contribution in [3.63, 3.8) is 0 Å². The summed E-state index contributed by atoms with van der Waals surface area (Å²) in [5.74, 6) is 3.82. The maximum atomic E-state index is 10.3. The Bertz CT molecular complexity index is 347. The first kappa shape index (κ1) is 8.71. The van der Waals surface area contributed by atoms with Crippen LogP contribution in [0.15, 0.2) is 5.38 Å². The third kappa shape index (κ3) is 2.05. The van der Waals surface area contributed by atoms with Crippen LogP contribution in [-0.2, 0) is 0 Å². The van der Waals surface area contributed by atoms with Crippen molar-refractivity contribution in [2.24, 2.45) is 0 Å². The van der Waals surface area contributed by atoms with E-state index in [0.717, 1.165) is 11.3 Å². The number of aliphatic hydroxyl groups excluding tert-OH is 1. The van der Waals surface area contributed by atoms with E-state index in [1.54, 1.807) is 0 Å². The highest BCUT2D eigenvalue weighted by Gasteiger charge is 2.06. The lowest BCUT2D eigenvalue weighted by Crippen LogP contribution is -1.95. The minimum atomic E-state index is -1.07. The van der Waals surface area contributed by atoms with Crippen LogP contribution >= 0.6 is 11.3 Å². The molecule has 1 heterocycles. The summed E-state index contributed by atoms with van der Waals surface area (Å²) in [6, 6.07) is 0. The van der Waals surface area contributed by atoms with E-state index in [-0.39, 0.29) is 12.3 Å². The third-order valence-corrected chi connectivity index (χ3v) is 1.76. The van der Waals surface area contributed by atoms with Crippen molar-refractivity contribution in [1.29, 1.82) is 0 Å². The van der Waals surface area contributed by atoms with Crippen LogP contribution in [0.4, 0.5) is 0 Å². The lowest BCUT2D eigenvalue weighted by atomic mass is 10.5. The number of hydrogen-bond donors (Lipinski definition) is 2. The molecular formula is C7H5NO3S. The van der Waals surface area contributed by atoms with Crippen molar-refractivity contribution >= 4 is 17.3 Å². The fourth-order valence-corrected chi connectivity index (χ4v) is 1.20. The topological polar surface area (TPSA) is 70.4 Å². The molecule has 0 spiro atoms. The van der Waals surface area contributed by atoms with E-state index < -0.39 is 5.97 Å². The molecule has 12 heavy (non-hydrogen) atoms. The van der Waals surface area contributed by atoms with Crippen molar-refractivity contribution in [2.75, 3.05) is 6.61 Å². The van der Waals surface area contributed by atoms with E-state index in [1.165, 1.54) is 5.38 Å². The summed E-state index contributed by atoms with van der Waals surface area (Å²) < 4.78 is 0. The molecule has 0 unspecified atom stereocenters. The number of aromatic nitrogens is 1. The zero-order chi connectivity index (χ0) is 8.97. The molecule has 1 rings (SSSR count). The zero-order valence-electron chi connectivity index (χ0n) is 5.94. The van der Waals surface area contributed by atoms with Crippen molar-refractivity contribution in [2.45, 2.75) is 0 Å². The van der Waals surface area contributed by atoms with Crippen LogP contribution in [0.1, 0.15) is 15.5 Å². The van der Waals surface area contributed by atoms with Crippen LogP contribution < -0.4 is 0 Å². The molecule has 0 atom stereocenters. The number of rotatable bonds is 1. The van der Waals surface area contributed by atoms with Gasteiger partial charge in [-0.05, 0) is 5.92 Å². The SMILES string of the molecule is O=C(O)c1csc(C#CCO)n1. The molecule has 1 aromatic heterocycles. The number of carbonyl (C=O) groups is 1. The van der Waals surface area contributed by atoms with Gasteiger partial charge in [0.2, 0.25) is 0 Å². The Hall–Kier alpha value is -1.38. The minimum Gasteiger partial charge on any atom is -0.476 e. The zero-order valence-corrected chi connectivity index (χ0v) is 6.76. The second kappa shape index (κ2) is 3.85. The fourth-order valence-electron chi connectivity index (χ4n) is 0.545. The molecule has 0 radical (unpaired) electrons. The van der Waals surface area contributed by atoms with Crippen molar-refractivity contribution < 1.29 is 15.0 Å². The maximum Gasteiger partial charge on any atom is 0.355 e. The fraction of sp³-hybridized carbons (Fsp3) is 0.143. The first-order valence-corrected chi connectivity index (χ1v) is 3.90. The van der Waals surface area contributed by atoms with Gasteiger partial charge in [-0.1, -0.05) is 5.92 Å². The van der Waals surface area contributed by atoms with Crippen molar-refractivity contribution in [1.82, 2.24) is 4.98 Å². The lowest BCUT2D eigenvalue weighted by molar-refractivity contribution is 0.0691. The molecule has 2 N–H and O–H groups in total. The highest BCUT2D eigenvalue weighted by molar-refractivity contribution is 7.10. The molecule has 4 nitrogen and oxygen atoms in total. The Kier molecular flexibility index (Phi) is 2.80. The van der Waals surface area contributed by atoms with E-state index in [0.29, 0.717) is 5.01 Å². The Labute approximate surface area is 72.5 Å². The summed E-state index contributed by atoms with van der Waals surface area (Å²) in [7, 11) is 0. The van der Waals surface area contributed by atoms with Gasteiger partial charge >= 0.3 is 5.97 Å². The van der Waals surface area contributed by atoms with Crippen molar-refractivity contribution in [3.05, 3.63) is 16.1 Å². The number of aromatic carboxylic acids is 1. The van der Waals surface area contributed by atoms with E-state index in [9.17, 15) is 4.79 Å². The van der Waals surface area contributed by atoms with Gasteiger partial charge in [0.1, 0.15) is 6.61 Å². The summed E-state index contributed by atoms with van der Waals surface area (Å²) in [4.78, 5) is 14.0. The quantitative estimate of drug-likeness (QED) is 0.609. The molecule has 1 aromatic rings. The molecule has 0 aliphatic carbocycles. The van der Waals surface area contributed by atoms with Crippen LogP contribution in [0.3, 0.4) is 0 Å². The maximum absolute atomic E-state index is 10.3. The summed E-state index contributed by atoms with van der Waals surface area (Å²) in [5.41, 5.74) is -0.0118. The third-order valence-electron chi connectivity index (χ3n) is 0.998. The number of carboxylic acids is 1. The predicted molar refractivity (Wildman–Crippen MR) is 43.0 cm³/mol. The Morgan fingerprint density at radius 1 is 1.75 bits per heavy atom. The summed E-state index contributed by atoms with van der Waals surface area (Å²) in [6.45, 7) is -0.248. The molecule has 0 aliphatic heterocycles. The first-order valence-electron chi connectivity index (χ1n) is 3.02. The number of carboxylic acid groups (broad SMARTS) is 1. The smallest absolute Gasteiger partial charge is 0.355 e. The normalized spacial score (nSPS) is 8.75. The lowest BCUT2D eigenvalue weighted by Gasteiger charge is -1.79. The molecule has 0 saturated heterocycles. The number of aliphatic hydroxyl groups is 1. The Morgan fingerprint density at radius 3 is 3.00 bits per heavy atom. The van der Waals surface area contributed by atoms with Gasteiger partial charge in [0.05, 0.1) is 0 Å². The molecule has 5 heteroatoms. The second-order valence-electron chi connectivity index (χ2n) is 1.80. The number of hydrogen-bond acceptors (Lipinski definition) is 4. The van der Waals surface area contributed by atoms with Crippen LogP contribution in [-0.4, -0.2) is 27.8 Å². The summed E-state index contributed by atoms with van der Waals surface area (Å²) in [5, 5.41) is 18.6. The summed E-state index contributed by atoms with van der Waals surface area (Å²) in [6.07, 6.45) is 0. The molecular weight excluding hydrogens is 178 g/mol. The predicted octanol–water partition coefficient (Wildman–Crippen LogP) is 0.185. The van der Waals surface area contributed by atoms with Gasteiger partial charge in [-0.3, -0.25) is 0 Å². The van der Waals surface area contributed by atoms with Gasteiger partial charge in [0.15, 0.2) is 10.7 Å². The van der Waals surface area contributed by atoms with Gasteiger partial charge < -0.3 is 10.2 Å². The molecule has 0 amide bonds. The van der Waals surface area contributed by atoms with Gasteiger partial charge in [-0.2, -0.15) is 0 Å². The highest BCUT2D eigenvalue weighted by atomic mass is 32.1. The van der Waals surface area contributed by atoms with Gasteiger partial charge in [-0.25, -0.2) is 9.78 Å². The molecule has 0 fully saturated rings. The van der Waals surface area contributed by atoms with E-state index in [1.807, 2.05) is 0 Å². The van der Waals surface area contributed by atoms with Crippen LogP contribution in [0.5, 0.6) is 0 Å². The largest absolute Gasteiger partial charge is 0.476 e. The average Bonchev–Trinajstić information content (AvgIpc) is 2.48. The van der Waals surface area contributed by atoms with E-state index in [2.05, 4.69) is 16.8 Å². The van der Waals surface area contributed by atoms with Crippen LogP contribution in [0, 0.1) is 11.8 Å². The van der Waals surface area contributed by atoms with E-state index in [4.69, 9.17) is 10.2 Å². The van der Waals surface area contributed by atoms with Crippen LogP contribution in [0.25, 0.3) is 0 Å². The minimum absolute atomic E-state index is 0.0118. The first-order chi connectivity index (χ1) is 5.74. The molecule has 0 saturated carbocycles. The van der Waals surface area contributed by atoms with Gasteiger partial charge in [0.25, 0.3) is 0 Å². The highest BCUT2D eigenvalue weighted by Crippen LogP contribution is 2.07. The number of nitrogens with zero attached hydrogens (tertiary/aromatic N) is 1. The molecule has 0 aliphatic rings. The number of thiazole rings is 1. The summed E-state index contributed by atoms with van der Waals surface area (Å²) >= 11 is 1.14. The van der Waals surface area contributed by atoms with Crippen LogP contribution in [0.2, 0.25) is 0 Å². The van der Waals surface area contributed by atoms with Gasteiger partial charge in [0, 0.05) is 5.38 Å². The molecule has 62 valence electrons. The van der Waals surface area contributed by atoms with Gasteiger partial charge in [-0.15, -0.1) is 11.3 Å². The molecule has 0 bridgehead atoms. The van der Waals surface area contributed by atoms with Crippen molar-refractivity contribution in [3.8, 4) is 11.8 Å². The monoisotopic (exact) mass is 183 g/mol. The van der Waals surface area contributed by atoms with E-state index >= 15 is 0 Å². The molecule has 0 aromatic carbocycles. The Morgan fingerprint density at radius 2 is 2.50 bits per heavy atom.